The largest absolute Gasteiger partial charge is 0.398 e. The molecule has 0 bridgehead atoms. The van der Waals surface area contributed by atoms with Crippen molar-refractivity contribution >= 4 is 17.3 Å². The van der Waals surface area contributed by atoms with Gasteiger partial charge in [-0.3, -0.25) is 0 Å². The lowest BCUT2D eigenvalue weighted by atomic mass is 10.2. The monoisotopic (exact) mass is 220 g/mol. The summed E-state index contributed by atoms with van der Waals surface area (Å²) in [5.74, 6) is 0. The second-order valence-corrected chi connectivity index (χ2v) is 3.29. The third kappa shape index (κ3) is 3.47. The van der Waals surface area contributed by atoms with Crippen LogP contribution in [0, 0.1) is 0 Å². The van der Waals surface area contributed by atoms with E-state index < -0.39 is 6.43 Å². The number of alkyl halides is 2. The summed E-state index contributed by atoms with van der Waals surface area (Å²) in [5, 5.41) is 3.07. The Morgan fingerprint density at radius 3 is 2.71 bits per heavy atom. The van der Waals surface area contributed by atoms with Gasteiger partial charge in [-0.15, -0.1) is 0 Å². The number of anilines is 1. The minimum atomic E-state index is -2.33. The zero-order chi connectivity index (χ0) is 10.6. The van der Waals surface area contributed by atoms with Crippen molar-refractivity contribution in [1.29, 1.82) is 0 Å². The smallest absolute Gasteiger partial charge is 0.250 e. The molecule has 0 aliphatic heterocycles. The van der Waals surface area contributed by atoms with Crippen LogP contribution in [0.2, 0.25) is 5.02 Å². The first kappa shape index (κ1) is 11.2. The topological polar surface area (TPSA) is 38.0 Å². The summed E-state index contributed by atoms with van der Waals surface area (Å²) >= 11 is 5.70. The van der Waals surface area contributed by atoms with E-state index in [9.17, 15) is 8.78 Å². The van der Waals surface area contributed by atoms with Crippen LogP contribution in [0.5, 0.6) is 0 Å². The molecule has 0 amide bonds. The molecule has 5 heteroatoms. The van der Waals surface area contributed by atoms with Gasteiger partial charge in [-0.1, -0.05) is 17.7 Å². The standard InChI is InChI=1S/C9H11ClF2N2/c10-7-2-1-6(3-8(7)13)4-14-5-9(11)12/h1-3,9,14H,4-5,13H2. The van der Waals surface area contributed by atoms with Crippen LogP contribution in [0.15, 0.2) is 18.2 Å². The molecule has 0 aliphatic rings. The van der Waals surface area contributed by atoms with E-state index >= 15 is 0 Å². The molecule has 1 aromatic carbocycles. The average Bonchev–Trinajstić information content (AvgIpc) is 2.10. The third-order valence-corrected chi connectivity index (χ3v) is 2.03. The number of nitrogen functional groups attached to an aromatic ring is 1. The van der Waals surface area contributed by atoms with Gasteiger partial charge in [0.2, 0.25) is 0 Å². The van der Waals surface area contributed by atoms with Gasteiger partial charge >= 0.3 is 0 Å². The zero-order valence-corrected chi connectivity index (χ0v) is 8.19. The Bertz CT molecular complexity index is 305. The maximum atomic E-state index is 11.8. The highest BCUT2D eigenvalue weighted by Crippen LogP contribution is 2.19. The Morgan fingerprint density at radius 2 is 2.14 bits per heavy atom. The fourth-order valence-electron chi connectivity index (χ4n) is 1.03. The maximum Gasteiger partial charge on any atom is 0.250 e. The normalized spacial score (nSPS) is 10.9. The zero-order valence-electron chi connectivity index (χ0n) is 7.43. The van der Waals surface area contributed by atoms with Crippen LogP contribution in [0.4, 0.5) is 14.5 Å². The van der Waals surface area contributed by atoms with E-state index in [1.54, 1.807) is 18.2 Å². The molecule has 2 nitrogen and oxygen atoms in total. The highest BCUT2D eigenvalue weighted by molar-refractivity contribution is 6.33. The van der Waals surface area contributed by atoms with Crippen molar-refractivity contribution in [3.05, 3.63) is 28.8 Å². The second kappa shape index (κ2) is 5.12. The van der Waals surface area contributed by atoms with Gasteiger partial charge in [0.25, 0.3) is 6.43 Å². The Labute approximate surface area is 86.1 Å². The van der Waals surface area contributed by atoms with Crippen molar-refractivity contribution in [1.82, 2.24) is 5.32 Å². The Balaban J connectivity index is 2.47. The number of hydrogen-bond acceptors (Lipinski definition) is 2. The van der Waals surface area contributed by atoms with Crippen molar-refractivity contribution in [2.24, 2.45) is 0 Å². The van der Waals surface area contributed by atoms with Gasteiger partial charge in [0.05, 0.1) is 17.3 Å². The predicted molar refractivity (Wildman–Crippen MR) is 53.6 cm³/mol. The van der Waals surface area contributed by atoms with Crippen molar-refractivity contribution in [3.8, 4) is 0 Å². The van der Waals surface area contributed by atoms with E-state index in [0.29, 0.717) is 17.3 Å². The molecule has 1 rings (SSSR count). The van der Waals surface area contributed by atoms with Crippen molar-refractivity contribution in [3.63, 3.8) is 0 Å². The van der Waals surface area contributed by atoms with Crippen LogP contribution < -0.4 is 11.1 Å². The molecule has 0 atom stereocenters. The number of nitrogens with two attached hydrogens (primary N) is 1. The number of benzene rings is 1. The van der Waals surface area contributed by atoms with E-state index in [2.05, 4.69) is 5.32 Å². The molecule has 0 fully saturated rings. The minimum absolute atomic E-state index is 0.317. The Hall–Kier alpha value is -0.870. The van der Waals surface area contributed by atoms with E-state index in [1.165, 1.54) is 0 Å². The first-order valence-electron chi connectivity index (χ1n) is 4.12. The average molecular weight is 221 g/mol. The van der Waals surface area contributed by atoms with Crippen molar-refractivity contribution < 1.29 is 8.78 Å². The van der Waals surface area contributed by atoms with E-state index in [-0.39, 0.29) is 6.54 Å². The Kier molecular flexibility index (Phi) is 4.10. The molecule has 0 unspecified atom stereocenters. The van der Waals surface area contributed by atoms with E-state index in [4.69, 9.17) is 17.3 Å². The first-order valence-corrected chi connectivity index (χ1v) is 4.50. The van der Waals surface area contributed by atoms with Crippen LogP contribution in [0.1, 0.15) is 5.56 Å². The first-order chi connectivity index (χ1) is 6.59. The molecule has 3 N–H and O–H groups in total. The molecule has 78 valence electrons. The summed E-state index contributed by atoms with van der Waals surface area (Å²) in [7, 11) is 0. The molecule has 1 aromatic rings. The van der Waals surface area contributed by atoms with Crippen molar-refractivity contribution in [2.75, 3.05) is 12.3 Å². The SMILES string of the molecule is Nc1cc(CNCC(F)F)ccc1Cl. The maximum absolute atomic E-state index is 11.8. The third-order valence-electron chi connectivity index (χ3n) is 1.69. The lowest BCUT2D eigenvalue weighted by Gasteiger charge is -2.05. The molecule has 0 radical (unpaired) electrons. The van der Waals surface area contributed by atoms with Crippen LogP contribution in [-0.2, 0) is 6.54 Å². The quantitative estimate of drug-likeness (QED) is 0.764. The second-order valence-electron chi connectivity index (χ2n) is 2.88. The molecular weight excluding hydrogens is 210 g/mol. The van der Waals surface area contributed by atoms with Gasteiger partial charge in [-0.2, -0.15) is 0 Å². The molecule has 0 spiro atoms. The van der Waals surface area contributed by atoms with Crippen LogP contribution in [-0.4, -0.2) is 13.0 Å². The number of nitrogens with one attached hydrogen (secondary N) is 1. The summed E-state index contributed by atoms with van der Waals surface area (Å²) < 4.78 is 23.5. The van der Waals surface area contributed by atoms with Crippen LogP contribution >= 0.6 is 11.6 Å². The summed E-state index contributed by atoms with van der Waals surface area (Å²) in [6.45, 7) is 0.0498. The molecule has 0 heterocycles. The van der Waals surface area contributed by atoms with Gasteiger partial charge in [0, 0.05) is 6.54 Å². The Morgan fingerprint density at radius 1 is 1.43 bits per heavy atom. The van der Waals surface area contributed by atoms with Gasteiger partial charge < -0.3 is 11.1 Å². The van der Waals surface area contributed by atoms with Gasteiger partial charge in [-0.05, 0) is 17.7 Å². The number of rotatable bonds is 4. The summed E-state index contributed by atoms with van der Waals surface area (Å²) in [6.07, 6.45) is -2.33. The lowest BCUT2D eigenvalue weighted by molar-refractivity contribution is 0.145. The van der Waals surface area contributed by atoms with Gasteiger partial charge in [0.15, 0.2) is 0 Å². The molecular formula is C9H11ClF2N2. The number of hydrogen-bond donors (Lipinski definition) is 2. The summed E-state index contributed by atoms with van der Waals surface area (Å²) in [5.41, 5.74) is 6.85. The fraction of sp³-hybridized carbons (Fsp3) is 0.333. The molecule has 0 saturated heterocycles. The fourth-order valence-corrected chi connectivity index (χ4v) is 1.15. The minimum Gasteiger partial charge on any atom is -0.398 e. The molecule has 0 aromatic heterocycles. The molecule has 0 aliphatic carbocycles. The highest BCUT2D eigenvalue weighted by Gasteiger charge is 2.02. The van der Waals surface area contributed by atoms with E-state index in [0.717, 1.165) is 5.56 Å². The summed E-state index contributed by atoms with van der Waals surface area (Å²) in [4.78, 5) is 0. The van der Waals surface area contributed by atoms with E-state index in [1.807, 2.05) is 0 Å². The molecule has 0 saturated carbocycles. The summed E-state index contributed by atoms with van der Waals surface area (Å²) in [6, 6.07) is 5.06. The van der Waals surface area contributed by atoms with Gasteiger partial charge in [0.1, 0.15) is 0 Å². The molecule has 14 heavy (non-hydrogen) atoms. The lowest BCUT2D eigenvalue weighted by Crippen LogP contribution is -2.20. The predicted octanol–water partition coefficient (Wildman–Crippen LogP) is 2.28. The highest BCUT2D eigenvalue weighted by atomic mass is 35.5. The van der Waals surface area contributed by atoms with Crippen LogP contribution in [0.25, 0.3) is 0 Å². The van der Waals surface area contributed by atoms with Gasteiger partial charge in [-0.25, -0.2) is 8.78 Å². The van der Waals surface area contributed by atoms with Crippen LogP contribution in [0.3, 0.4) is 0 Å². The number of halogens is 3. The van der Waals surface area contributed by atoms with Crippen molar-refractivity contribution in [2.45, 2.75) is 13.0 Å².